The van der Waals surface area contributed by atoms with E-state index in [-0.39, 0.29) is 5.56 Å². The summed E-state index contributed by atoms with van der Waals surface area (Å²) in [5, 5.41) is -6.02. The normalized spacial score (nSPS) is 15.2. The fourth-order valence-electron chi connectivity index (χ4n) is 2.10. The average molecular weight is 571 g/mol. The molecule has 0 aliphatic heterocycles. The van der Waals surface area contributed by atoms with Crippen LogP contribution in [-0.4, -0.2) is 57.7 Å². The summed E-state index contributed by atoms with van der Waals surface area (Å²) in [7, 11) is 0. The Kier molecular flexibility index (Phi) is 7.68. The molecule has 0 atom stereocenters. The van der Waals surface area contributed by atoms with Gasteiger partial charge < -0.3 is 5.32 Å². The third kappa shape index (κ3) is 4.43. The molecule has 0 saturated heterocycles. The van der Waals surface area contributed by atoms with Crippen molar-refractivity contribution in [3.8, 4) is 0 Å². The molecule has 0 fully saturated rings. The van der Waals surface area contributed by atoms with Gasteiger partial charge in [-0.2, -0.15) is 70.2 Å². The van der Waals surface area contributed by atoms with E-state index in [0.29, 0.717) is 0 Å². The van der Waals surface area contributed by atoms with Gasteiger partial charge in [0.2, 0.25) is 0 Å². The van der Waals surface area contributed by atoms with Crippen LogP contribution in [-0.2, 0) is 11.3 Å². The van der Waals surface area contributed by atoms with Crippen molar-refractivity contribution in [2.24, 2.45) is 0 Å². The summed E-state index contributed by atoms with van der Waals surface area (Å²) in [4.78, 5) is 14.7. The van der Waals surface area contributed by atoms with Crippen molar-refractivity contribution in [3.05, 3.63) is 30.1 Å². The van der Waals surface area contributed by atoms with E-state index in [4.69, 9.17) is 0 Å². The molecule has 0 aliphatic rings. The number of aromatic nitrogens is 1. The summed E-state index contributed by atoms with van der Waals surface area (Å²) >= 11 is 3.42. The standard InChI is InChI=1S/C15H7ClF16N2O/c16-15(31,32)14(29,30)13(27,28)12(25,26)11(23,24)10(21,22)9(19,20)8(17,18)7(35)34-5-6-1-3-33-4-2-6/h1-4H,5H2,(H,34,35). The maximum atomic E-state index is 13.7. The number of halogens is 17. The molecule has 0 spiro atoms. The number of carbonyl (C=O) groups excluding carboxylic acids is 1. The van der Waals surface area contributed by atoms with Gasteiger partial charge in [0.1, 0.15) is 0 Å². The summed E-state index contributed by atoms with van der Waals surface area (Å²) in [6.45, 7) is -1.19. The van der Waals surface area contributed by atoms with E-state index >= 15 is 0 Å². The predicted molar refractivity (Wildman–Crippen MR) is 81.5 cm³/mol. The molecule has 1 amide bonds. The first-order valence-electron chi connectivity index (χ1n) is 8.13. The summed E-state index contributed by atoms with van der Waals surface area (Å²) in [6.07, 6.45) is 1.87. The van der Waals surface area contributed by atoms with E-state index in [2.05, 4.69) is 16.6 Å². The third-order valence-electron chi connectivity index (χ3n) is 4.21. The van der Waals surface area contributed by atoms with E-state index < -0.39 is 59.3 Å². The fourth-order valence-corrected chi connectivity index (χ4v) is 2.22. The molecule has 1 aromatic rings. The summed E-state index contributed by atoms with van der Waals surface area (Å²) in [6, 6.07) is 1.85. The first-order chi connectivity index (χ1) is 15.2. The zero-order chi connectivity index (χ0) is 28.1. The third-order valence-corrected chi connectivity index (χ3v) is 4.45. The van der Waals surface area contributed by atoms with Crippen molar-refractivity contribution in [2.45, 2.75) is 53.4 Å². The smallest absolute Gasteiger partial charge is 0.347 e. The lowest BCUT2D eigenvalue weighted by Crippen LogP contribution is -2.75. The van der Waals surface area contributed by atoms with Crippen molar-refractivity contribution in [3.63, 3.8) is 0 Å². The average Bonchev–Trinajstić information content (AvgIpc) is 2.70. The lowest BCUT2D eigenvalue weighted by atomic mass is 9.89. The van der Waals surface area contributed by atoms with E-state index in [1.165, 1.54) is 0 Å². The summed E-state index contributed by atoms with van der Waals surface area (Å²) in [5.41, 5.74) is -0.236. The van der Waals surface area contributed by atoms with Crippen molar-refractivity contribution >= 4 is 17.5 Å². The molecule has 0 saturated carbocycles. The van der Waals surface area contributed by atoms with Crippen LogP contribution < -0.4 is 5.32 Å². The zero-order valence-electron chi connectivity index (χ0n) is 15.8. The van der Waals surface area contributed by atoms with E-state index in [1.807, 2.05) is 0 Å². The van der Waals surface area contributed by atoms with E-state index in [1.54, 1.807) is 0 Å². The highest BCUT2D eigenvalue weighted by Gasteiger charge is 2.95. The van der Waals surface area contributed by atoms with Gasteiger partial charge in [0.05, 0.1) is 0 Å². The van der Waals surface area contributed by atoms with Crippen molar-refractivity contribution in [1.29, 1.82) is 0 Å². The number of amides is 1. The van der Waals surface area contributed by atoms with Crippen LogP contribution in [0.15, 0.2) is 24.5 Å². The Morgan fingerprint density at radius 2 is 1.00 bits per heavy atom. The minimum atomic E-state index is -8.62. The fraction of sp³-hybridized carbons (Fsp3) is 0.600. The highest BCUT2D eigenvalue weighted by Crippen LogP contribution is 2.64. The van der Waals surface area contributed by atoms with Gasteiger partial charge >= 0.3 is 46.8 Å². The van der Waals surface area contributed by atoms with Gasteiger partial charge in [0.25, 0.3) is 5.91 Å². The van der Waals surface area contributed by atoms with Crippen LogP contribution in [0.2, 0.25) is 0 Å². The predicted octanol–water partition coefficient (Wildman–Crippen LogP) is 5.98. The quantitative estimate of drug-likeness (QED) is 0.278. The van der Waals surface area contributed by atoms with Gasteiger partial charge in [-0.1, -0.05) is 0 Å². The number of hydrogen-bond acceptors (Lipinski definition) is 2. The van der Waals surface area contributed by atoms with Crippen LogP contribution in [0.4, 0.5) is 70.2 Å². The largest absolute Gasteiger partial charge is 0.393 e. The Morgan fingerprint density at radius 1 is 0.657 bits per heavy atom. The molecule has 202 valence electrons. The number of alkyl halides is 17. The Balaban J connectivity index is 3.47. The molecule has 3 nitrogen and oxygen atoms in total. The Hall–Kier alpha value is -2.21. The Bertz CT molecular complexity index is 915. The molecule has 0 aliphatic carbocycles. The molecule has 20 heteroatoms. The first kappa shape index (κ1) is 30.8. The Labute approximate surface area is 187 Å². The maximum absolute atomic E-state index is 13.7. The van der Waals surface area contributed by atoms with Gasteiger partial charge in [-0.3, -0.25) is 9.78 Å². The van der Waals surface area contributed by atoms with Crippen LogP contribution in [0, 0.1) is 0 Å². The number of carbonyl (C=O) groups is 1. The highest BCUT2D eigenvalue weighted by atomic mass is 35.5. The summed E-state index contributed by atoms with van der Waals surface area (Å²) in [5.74, 6) is -60.4. The zero-order valence-corrected chi connectivity index (χ0v) is 16.6. The first-order valence-corrected chi connectivity index (χ1v) is 8.51. The van der Waals surface area contributed by atoms with Crippen LogP contribution in [0.1, 0.15) is 5.56 Å². The van der Waals surface area contributed by atoms with Crippen molar-refractivity contribution in [1.82, 2.24) is 10.3 Å². The molecule has 1 rings (SSSR count). The monoisotopic (exact) mass is 570 g/mol. The van der Waals surface area contributed by atoms with Gasteiger partial charge in [-0.05, 0) is 29.3 Å². The number of pyridine rings is 1. The topological polar surface area (TPSA) is 42.0 Å². The van der Waals surface area contributed by atoms with Crippen LogP contribution in [0.5, 0.6) is 0 Å². The molecule has 0 aromatic carbocycles. The van der Waals surface area contributed by atoms with Gasteiger partial charge in [-0.25, -0.2) is 0 Å². The van der Waals surface area contributed by atoms with Crippen molar-refractivity contribution < 1.29 is 75.0 Å². The summed E-state index contributed by atoms with van der Waals surface area (Å²) < 4.78 is 213. The minimum Gasteiger partial charge on any atom is -0.347 e. The SMILES string of the molecule is O=C(NCc1ccncc1)C(F)(F)C(F)(F)C(F)(F)C(F)(F)C(F)(F)C(F)(F)C(F)(F)C(F)(F)Cl. The van der Waals surface area contributed by atoms with Crippen LogP contribution in [0.3, 0.4) is 0 Å². The van der Waals surface area contributed by atoms with E-state index in [0.717, 1.165) is 29.8 Å². The molecule has 35 heavy (non-hydrogen) atoms. The number of rotatable bonds is 10. The molecule has 1 heterocycles. The molecular weight excluding hydrogens is 564 g/mol. The van der Waals surface area contributed by atoms with Crippen molar-refractivity contribution in [2.75, 3.05) is 0 Å². The molecule has 0 unspecified atom stereocenters. The highest BCUT2D eigenvalue weighted by molar-refractivity contribution is 6.22. The van der Waals surface area contributed by atoms with Gasteiger partial charge in [0, 0.05) is 18.9 Å². The Morgan fingerprint density at radius 3 is 1.37 bits per heavy atom. The molecule has 1 aromatic heterocycles. The molecule has 1 N–H and O–H groups in total. The number of nitrogens with one attached hydrogen (secondary N) is 1. The maximum Gasteiger partial charge on any atom is 0.393 e. The second kappa shape index (κ2) is 8.72. The lowest BCUT2D eigenvalue weighted by molar-refractivity contribution is -0.446. The lowest BCUT2D eigenvalue weighted by Gasteiger charge is -2.42. The second-order valence-corrected chi connectivity index (χ2v) is 7.03. The van der Waals surface area contributed by atoms with E-state index in [9.17, 15) is 75.0 Å². The number of nitrogens with zero attached hydrogens (tertiary/aromatic N) is 1. The second-order valence-electron chi connectivity index (χ2n) is 6.56. The van der Waals surface area contributed by atoms with Crippen LogP contribution in [0.25, 0.3) is 0 Å². The van der Waals surface area contributed by atoms with Crippen LogP contribution >= 0.6 is 11.6 Å². The van der Waals surface area contributed by atoms with Gasteiger partial charge in [0.15, 0.2) is 0 Å². The number of hydrogen-bond donors (Lipinski definition) is 1. The molecule has 0 bridgehead atoms. The minimum absolute atomic E-state index is 0.236. The molecule has 0 radical (unpaired) electrons. The molecular formula is C15H7ClF16N2O. The van der Waals surface area contributed by atoms with Gasteiger partial charge in [-0.15, -0.1) is 0 Å².